The van der Waals surface area contributed by atoms with Crippen LogP contribution >= 0.6 is 11.8 Å². The van der Waals surface area contributed by atoms with E-state index in [1.807, 2.05) is 41.5 Å². The summed E-state index contributed by atoms with van der Waals surface area (Å²) in [7, 11) is 0. The standard InChI is InChI=1S/C16H24N3O2S/c1-22-10-7-14-12-18(21)8-9-19(14)16(20)15(17)11-13-5-3-2-4-6-13/h2-6,14-15H,7-12,17H2,1H3/q-1/t14?,15-/m0/s1. The Labute approximate surface area is 136 Å². The van der Waals surface area contributed by atoms with Gasteiger partial charge in [0.2, 0.25) is 5.91 Å². The second-order valence-electron chi connectivity index (χ2n) is 5.65. The van der Waals surface area contributed by atoms with E-state index in [0.717, 1.165) is 22.8 Å². The van der Waals surface area contributed by atoms with E-state index < -0.39 is 6.04 Å². The van der Waals surface area contributed by atoms with Crippen LogP contribution in [0.15, 0.2) is 30.3 Å². The lowest BCUT2D eigenvalue weighted by Crippen LogP contribution is -2.57. The van der Waals surface area contributed by atoms with Crippen LogP contribution in [0.2, 0.25) is 0 Å². The van der Waals surface area contributed by atoms with Crippen LogP contribution in [0.3, 0.4) is 0 Å². The summed E-state index contributed by atoms with van der Waals surface area (Å²) >= 11 is 1.73. The fourth-order valence-electron chi connectivity index (χ4n) is 2.79. The quantitative estimate of drug-likeness (QED) is 0.855. The van der Waals surface area contributed by atoms with Gasteiger partial charge in [-0.2, -0.15) is 11.8 Å². The number of rotatable bonds is 6. The van der Waals surface area contributed by atoms with Gasteiger partial charge in [-0.3, -0.25) is 4.79 Å². The summed E-state index contributed by atoms with van der Waals surface area (Å²) in [6.07, 6.45) is 3.40. The number of carbonyl (C=O) groups is 1. The zero-order valence-corrected chi connectivity index (χ0v) is 13.8. The number of hydrogen-bond donors (Lipinski definition) is 1. The molecule has 0 aromatic heterocycles. The second kappa shape index (κ2) is 8.53. The topological polar surface area (TPSA) is 72.6 Å². The van der Waals surface area contributed by atoms with Crippen LogP contribution in [0.5, 0.6) is 0 Å². The molecular weight excluding hydrogens is 298 g/mol. The number of thioether (sulfide) groups is 1. The van der Waals surface area contributed by atoms with E-state index in [2.05, 4.69) is 0 Å². The number of nitrogens with zero attached hydrogens (tertiary/aromatic N) is 2. The third-order valence-corrected chi connectivity index (χ3v) is 4.64. The van der Waals surface area contributed by atoms with E-state index in [9.17, 15) is 10.0 Å². The molecule has 1 aliphatic rings. The van der Waals surface area contributed by atoms with Gasteiger partial charge in [0.25, 0.3) is 0 Å². The molecule has 0 spiro atoms. The molecule has 0 aliphatic carbocycles. The molecule has 1 aliphatic heterocycles. The first kappa shape index (κ1) is 17.3. The molecule has 1 unspecified atom stereocenters. The summed E-state index contributed by atoms with van der Waals surface area (Å²) < 4.78 is 0. The monoisotopic (exact) mass is 322 g/mol. The van der Waals surface area contributed by atoms with Gasteiger partial charge in [-0.15, -0.1) is 0 Å². The highest BCUT2D eigenvalue weighted by Gasteiger charge is 2.30. The first-order valence-electron chi connectivity index (χ1n) is 7.63. The molecule has 2 rings (SSSR count). The van der Waals surface area contributed by atoms with Crippen molar-refractivity contribution in [3.63, 3.8) is 0 Å². The maximum absolute atomic E-state index is 12.7. The molecule has 1 heterocycles. The van der Waals surface area contributed by atoms with Gasteiger partial charge in [0.15, 0.2) is 0 Å². The van der Waals surface area contributed by atoms with E-state index in [0.29, 0.717) is 26.1 Å². The van der Waals surface area contributed by atoms with Gasteiger partial charge in [0.1, 0.15) is 0 Å². The second-order valence-corrected chi connectivity index (χ2v) is 6.64. The molecule has 22 heavy (non-hydrogen) atoms. The van der Waals surface area contributed by atoms with Crippen molar-refractivity contribution < 1.29 is 4.79 Å². The van der Waals surface area contributed by atoms with Crippen molar-refractivity contribution in [1.29, 1.82) is 0 Å². The minimum absolute atomic E-state index is 0.0203. The van der Waals surface area contributed by atoms with E-state index in [1.54, 1.807) is 11.8 Å². The number of nitrogens with two attached hydrogens (primary N) is 1. The summed E-state index contributed by atoms with van der Waals surface area (Å²) in [6.45, 7) is 1.24. The molecule has 2 N–H and O–H groups in total. The molecule has 0 bridgehead atoms. The van der Waals surface area contributed by atoms with Crippen LogP contribution < -0.4 is 5.73 Å². The molecule has 1 fully saturated rings. The zero-order chi connectivity index (χ0) is 15.9. The highest BCUT2D eigenvalue weighted by atomic mass is 32.2. The molecule has 2 atom stereocenters. The molecule has 0 radical (unpaired) electrons. The van der Waals surface area contributed by atoms with Gasteiger partial charge < -0.3 is 20.9 Å². The smallest absolute Gasteiger partial charge is 0.240 e. The molecule has 1 amide bonds. The number of benzene rings is 1. The van der Waals surface area contributed by atoms with Crippen LogP contribution in [0, 0.1) is 5.21 Å². The Hall–Kier alpha value is -1.08. The third kappa shape index (κ3) is 4.71. The van der Waals surface area contributed by atoms with Crippen LogP contribution in [-0.2, 0) is 11.2 Å². The average Bonchev–Trinajstić information content (AvgIpc) is 2.53. The lowest BCUT2D eigenvalue weighted by molar-refractivity contribution is -0.137. The van der Waals surface area contributed by atoms with E-state index in [4.69, 9.17) is 5.73 Å². The Morgan fingerprint density at radius 1 is 1.41 bits per heavy atom. The predicted octanol–water partition coefficient (Wildman–Crippen LogP) is 1.32. The van der Waals surface area contributed by atoms with Gasteiger partial charge in [0.05, 0.1) is 6.04 Å². The first-order chi connectivity index (χ1) is 10.6. The molecule has 0 saturated carbocycles. The fourth-order valence-corrected chi connectivity index (χ4v) is 3.29. The van der Waals surface area contributed by atoms with Crippen molar-refractivity contribution in [1.82, 2.24) is 9.96 Å². The average molecular weight is 322 g/mol. The van der Waals surface area contributed by atoms with Gasteiger partial charge in [0, 0.05) is 25.7 Å². The van der Waals surface area contributed by atoms with Crippen LogP contribution in [0.25, 0.3) is 0 Å². The van der Waals surface area contributed by atoms with Gasteiger partial charge in [-0.25, -0.2) is 0 Å². The van der Waals surface area contributed by atoms with E-state index in [1.165, 1.54) is 0 Å². The minimum Gasteiger partial charge on any atom is -0.785 e. The summed E-state index contributed by atoms with van der Waals surface area (Å²) in [5.41, 5.74) is 7.18. The van der Waals surface area contributed by atoms with Gasteiger partial charge in [-0.1, -0.05) is 30.3 Å². The lowest BCUT2D eigenvalue weighted by atomic mass is 10.0. The Morgan fingerprint density at radius 2 is 2.14 bits per heavy atom. The molecule has 1 aromatic rings. The number of amides is 1. The molecule has 5 nitrogen and oxygen atoms in total. The van der Waals surface area contributed by atoms with Crippen molar-refractivity contribution in [2.45, 2.75) is 24.9 Å². The van der Waals surface area contributed by atoms with Crippen LogP contribution in [0.4, 0.5) is 0 Å². The van der Waals surface area contributed by atoms with Crippen molar-refractivity contribution in [3.05, 3.63) is 41.1 Å². The van der Waals surface area contributed by atoms with Gasteiger partial charge >= 0.3 is 0 Å². The molecule has 1 aromatic carbocycles. The van der Waals surface area contributed by atoms with Crippen molar-refractivity contribution in [3.8, 4) is 0 Å². The fraction of sp³-hybridized carbons (Fsp3) is 0.562. The van der Waals surface area contributed by atoms with Gasteiger partial charge in [-0.05, 0) is 30.4 Å². The maximum Gasteiger partial charge on any atom is 0.240 e. The SMILES string of the molecule is CSCCC1CN([O-])CCN1C(=O)[C@@H](N)Cc1ccccc1. The zero-order valence-electron chi connectivity index (χ0n) is 13.0. The highest BCUT2D eigenvalue weighted by molar-refractivity contribution is 7.98. The Kier molecular flexibility index (Phi) is 6.70. The molecule has 6 heteroatoms. The van der Waals surface area contributed by atoms with Crippen LogP contribution in [-0.4, -0.2) is 59.6 Å². The number of hydrogen-bond acceptors (Lipinski definition) is 5. The third-order valence-electron chi connectivity index (χ3n) is 4.00. The highest BCUT2D eigenvalue weighted by Crippen LogP contribution is 2.16. The normalized spacial score (nSPS) is 20.9. The number of hydroxylamine groups is 2. The summed E-state index contributed by atoms with van der Waals surface area (Å²) in [5, 5.41) is 12.7. The minimum atomic E-state index is -0.544. The Morgan fingerprint density at radius 3 is 2.82 bits per heavy atom. The van der Waals surface area contributed by atoms with Crippen LogP contribution in [0.1, 0.15) is 12.0 Å². The Bertz CT molecular complexity index is 472. The van der Waals surface area contributed by atoms with E-state index in [-0.39, 0.29) is 11.9 Å². The van der Waals surface area contributed by atoms with Crippen molar-refractivity contribution in [2.24, 2.45) is 5.73 Å². The first-order valence-corrected chi connectivity index (χ1v) is 9.02. The maximum atomic E-state index is 12.7. The summed E-state index contributed by atoms with van der Waals surface area (Å²) in [6, 6.07) is 9.24. The van der Waals surface area contributed by atoms with Crippen molar-refractivity contribution >= 4 is 17.7 Å². The molecule has 1 saturated heterocycles. The predicted molar refractivity (Wildman–Crippen MR) is 91.6 cm³/mol. The summed E-state index contributed by atoms with van der Waals surface area (Å²) in [4.78, 5) is 14.5. The largest absolute Gasteiger partial charge is 0.785 e. The van der Waals surface area contributed by atoms with Crippen molar-refractivity contribution in [2.75, 3.05) is 31.6 Å². The Balaban J connectivity index is 1.98. The number of carbonyl (C=O) groups excluding carboxylic acids is 1. The lowest BCUT2D eigenvalue weighted by Gasteiger charge is -2.45. The summed E-state index contributed by atoms with van der Waals surface area (Å²) in [5.74, 6) is 0.902. The molecular formula is C16H24N3O2S-. The number of piperazine rings is 1. The molecule has 122 valence electrons. The van der Waals surface area contributed by atoms with E-state index >= 15 is 0 Å².